The molecule has 1 nitrogen and oxygen atoms in total. The third kappa shape index (κ3) is 2.95. The number of hydrogen-bond acceptors (Lipinski definition) is 1. The summed E-state index contributed by atoms with van der Waals surface area (Å²) in [6.07, 6.45) is 0.592. The number of Topliss-reactive ketones (excluding diaryl/α,β-unsaturated/α-hetero) is 1. The molecule has 14 heavy (non-hydrogen) atoms. The van der Waals surface area contributed by atoms with Gasteiger partial charge in [0, 0.05) is 6.42 Å². The van der Waals surface area contributed by atoms with E-state index in [2.05, 4.69) is 0 Å². The van der Waals surface area contributed by atoms with Crippen LogP contribution in [0.1, 0.15) is 37.9 Å². The summed E-state index contributed by atoms with van der Waals surface area (Å²) in [6.45, 7) is 1.99. The average molecular weight is 194 g/mol. The maximum atomic E-state index is 13.5. The fourth-order valence-corrected chi connectivity index (χ4v) is 1.29. The molecule has 0 N–H and O–H groups in total. The number of ketones is 1. The van der Waals surface area contributed by atoms with Crippen LogP contribution in [-0.2, 0) is 4.79 Å². The van der Waals surface area contributed by atoms with Gasteiger partial charge in [-0.3, -0.25) is 4.79 Å². The summed E-state index contributed by atoms with van der Waals surface area (Å²) >= 11 is 0. The van der Waals surface area contributed by atoms with E-state index in [-0.39, 0.29) is 5.78 Å². The van der Waals surface area contributed by atoms with E-state index in [0.29, 0.717) is 12.0 Å². The fourth-order valence-electron chi connectivity index (χ4n) is 1.29. The van der Waals surface area contributed by atoms with Gasteiger partial charge in [0.1, 0.15) is 0 Å². The quantitative estimate of drug-likeness (QED) is 0.701. The number of benzene rings is 1. The molecule has 1 atom stereocenters. The predicted octanol–water partition coefficient (Wildman–Crippen LogP) is 3.46. The average Bonchev–Trinajstić information content (AvgIpc) is 2.26. The number of carbonyl (C=O) groups is 1. The number of carbonyl (C=O) groups excluding carboxylic acids is 1. The molecule has 1 rings (SSSR count). The van der Waals surface area contributed by atoms with Crippen molar-refractivity contribution in [1.29, 1.82) is 0 Å². The van der Waals surface area contributed by atoms with Crippen LogP contribution in [0.2, 0.25) is 0 Å². The van der Waals surface area contributed by atoms with Crippen LogP contribution in [0.3, 0.4) is 0 Å². The molecule has 76 valence electrons. The monoisotopic (exact) mass is 194 g/mol. The highest BCUT2D eigenvalue weighted by atomic mass is 19.1. The maximum Gasteiger partial charge on any atom is 0.183 e. The number of rotatable bonds is 5. The first-order valence-electron chi connectivity index (χ1n) is 4.97. The molecule has 1 aromatic carbocycles. The van der Waals surface area contributed by atoms with Gasteiger partial charge in [0.25, 0.3) is 0 Å². The molecule has 0 amide bonds. The van der Waals surface area contributed by atoms with Gasteiger partial charge in [-0.25, -0.2) is 4.39 Å². The zero-order chi connectivity index (χ0) is 10.4. The van der Waals surface area contributed by atoms with E-state index < -0.39 is 6.17 Å². The van der Waals surface area contributed by atoms with Crippen molar-refractivity contribution in [2.24, 2.45) is 0 Å². The Hall–Kier alpha value is -1.18. The van der Waals surface area contributed by atoms with Crippen molar-refractivity contribution in [2.75, 3.05) is 0 Å². The van der Waals surface area contributed by atoms with Crippen LogP contribution in [-0.4, -0.2) is 5.78 Å². The summed E-state index contributed by atoms with van der Waals surface area (Å²) in [7, 11) is 0. The first-order chi connectivity index (χ1) is 6.75. The van der Waals surface area contributed by atoms with Crippen molar-refractivity contribution in [1.82, 2.24) is 0 Å². The van der Waals surface area contributed by atoms with E-state index in [1.807, 2.05) is 13.0 Å². The van der Waals surface area contributed by atoms with Gasteiger partial charge in [0.05, 0.1) is 0 Å². The Kier molecular flexibility index (Phi) is 4.30. The van der Waals surface area contributed by atoms with Gasteiger partial charge in [-0.05, 0) is 12.0 Å². The van der Waals surface area contributed by atoms with Gasteiger partial charge in [0.2, 0.25) is 0 Å². The summed E-state index contributed by atoms with van der Waals surface area (Å²) in [5, 5.41) is 0. The van der Waals surface area contributed by atoms with Crippen molar-refractivity contribution in [3.05, 3.63) is 35.9 Å². The Balaban J connectivity index is 2.57. The molecule has 0 fully saturated rings. The molecule has 0 aromatic heterocycles. The number of unbranched alkanes of at least 4 members (excludes halogenated alkanes) is 1. The maximum absolute atomic E-state index is 13.5. The van der Waals surface area contributed by atoms with E-state index >= 15 is 0 Å². The smallest absolute Gasteiger partial charge is 0.183 e. The minimum absolute atomic E-state index is 0.307. The lowest BCUT2D eigenvalue weighted by Gasteiger charge is -2.06. The highest BCUT2D eigenvalue weighted by Crippen LogP contribution is 2.20. The molecule has 0 spiro atoms. The van der Waals surface area contributed by atoms with E-state index in [4.69, 9.17) is 0 Å². The molecule has 0 aliphatic rings. The van der Waals surface area contributed by atoms with Crippen LogP contribution < -0.4 is 0 Å². The fraction of sp³-hybridized carbons (Fsp3) is 0.417. The van der Waals surface area contributed by atoms with Crippen molar-refractivity contribution in [3.63, 3.8) is 0 Å². The van der Waals surface area contributed by atoms with Crippen LogP contribution in [0.5, 0.6) is 0 Å². The highest BCUT2D eigenvalue weighted by Gasteiger charge is 2.17. The van der Waals surface area contributed by atoms with E-state index in [1.54, 1.807) is 24.3 Å². The van der Waals surface area contributed by atoms with E-state index in [9.17, 15) is 9.18 Å². The van der Waals surface area contributed by atoms with Gasteiger partial charge in [-0.2, -0.15) is 0 Å². The third-order valence-corrected chi connectivity index (χ3v) is 2.15. The van der Waals surface area contributed by atoms with Crippen molar-refractivity contribution >= 4 is 5.78 Å². The van der Waals surface area contributed by atoms with E-state index in [0.717, 1.165) is 12.8 Å². The Labute approximate surface area is 83.9 Å². The SMILES string of the molecule is CCCCC(=O)C(F)c1ccccc1. The van der Waals surface area contributed by atoms with Crippen LogP contribution in [0.4, 0.5) is 4.39 Å². The van der Waals surface area contributed by atoms with Gasteiger partial charge in [-0.1, -0.05) is 43.7 Å². The summed E-state index contributed by atoms with van der Waals surface area (Å²) in [5.41, 5.74) is 0.466. The largest absolute Gasteiger partial charge is 0.296 e. The number of hydrogen-bond donors (Lipinski definition) is 0. The van der Waals surface area contributed by atoms with Crippen LogP contribution in [0.15, 0.2) is 30.3 Å². The Morgan fingerprint density at radius 3 is 2.57 bits per heavy atom. The van der Waals surface area contributed by atoms with Crippen molar-refractivity contribution in [2.45, 2.75) is 32.4 Å². The lowest BCUT2D eigenvalue weighted by molar-refractivity contribution is -0.124. The van der Waals surface area contributed by atoms with E-state index in [1.165, 1.54) is 0 Å². The van der Waals surface area contributed by atoms with Crippen LogP contribution in [0, 0.1) is 0 Å². The zero-order valence-corrected chi connectivity index (χ0v) is 8.37. The normalized spacial score (nSPS) is 12.4. The topological polar surface area (TPSA) is 17.1 Å². The molecule has 0 aliphatic heterocycles. The standard InChI is InChI=1S/C12H15FO/c1-2-3-9-11(14)12(13)10-7-5-4-6-8-10/h4-8,12H,2-3,9H2,1H3. The second-order valence-electron chi connectivity index (χ2n) is 3.34. The minimum Gasteiger partial charge on any atom is -0.296 e. The molecule has 2 heteroatoms. The molecule has 0 aliphatic carbocycles. The van der Waals surface area contributed by atoms with Crippen LogP contribution in [0.25, 0.3) is 0 Å². The summed E-state index contributed by atoms with van der Waals surface area (Å²) < 4.78 is 13.5. The molecular weight excluding hydrogens is 179 g/mol. The highest BCUT2D eigenvalue weighted by molar-refractivity contribution is 5.84. The predicted molar refractivity (Wildman–Crippen MR) is 54.8 cm³/mol. The summed E-state index contributed by atoms with van der Waals surface area (Å²) in [4.78, 5) is 11.3. The zero-order valence-electron chi connectivity index (χ0n) is 8.37. The molecule has 0 radical (unpaired) electrons. The third-order valence-electron chi connectivity index (χ3n) is 2.15. The molecule has 0 bridgehead atoms. The Morgan fingerprint density at radius 2 is 2.00 bits per heavy atom. The van der Waals surface area contributed by atoms with Gasteiger partial charge in [0.15, 0.2) is 12.0 Å². The molecular formula is C12H15FO. The number of alkyl halides is 1. The summed E-state index contributed by atoms with van der Waals surface area (Å²) in [5.74, 6) is -0.307. The second-order valence-corrected chi connectivity index (χ2v) is 3.34. The van der Waals surface area contributed by atoms with Gasteiger partial charge >= 0.3 is 0 Å². The van der Waals surface area contributed by atoms with Gasteiger partial charge < -0.3 is 0 Å². The Morgan fingerprint density at radius 1 is 1.36 bits per heavy atom. The van der Waals surface area contributed by atoms with Crippen LogP contribution >= 0.6 is 0 Å². The van der Waals surface area contributed by atoms with Gasteiger partial charge in [-0.15, -0.1) is 0 Å². The molecule has 0 saturated heterocycles. The minimum atomic E-state index is -1.44. The molecule has 1 aromatic rings. The molecule has 0 saturated carbocycles. The lowest BCUT2D eigenvalue weighted by atomic mass is 10.0. The molecule has 1 unspecified atom stereocenters. The Bertz CT molecular complexity index is 282. The summed E-state index contributed by atoms with van der Waals surface area (Å²) in [6, 6.07) is 8.60. The number of halogens is 1. The first-order valence-corrected chi connectivity index (χ1v) is 4.97. The van der Waals surface area contributed by atoms with Crippen molar-refractivity contribution < 1.29 is 9.18 Å². The lowest BCUT2D eigenvalue weighted by Crippen LogP contribution is -2.07. The first kappa shape index (κ1) is 10.9. The van der Waals surface area contributed by atoms with Crippen molar-refractivity contribution in [3.8, 4) is 0 Å². The second kappa shape index (κ2) is 5.53. The molecule has 0 heterocycles.